The van der Waals surface area contributed by atoms with Crippen molar-refractivity contribution in [3.63, 3.8) is 0 Å². The van der Waals surface area contributed by atoms with Crippen LogP contribution in [0.5, 0.6) is 0 Å². The van der Waals surface area contributed by atoms with Crippen LogP contribution in [0.15, 0.2) is 143 Å². The summed E-state index contributed by atoms with van der Waals surface area (Å²) in [6.07, 6.45) is -0.0135. The third kappa shape index (κ3) is 5.34. The maximum atomic E-state index is 6.77. The van der Waals surface area contributed by atoms with Gasteiger partial charge in [-0.2, -0.15) is 0 Å². The first kappa shape index (κ1) is 28.8. The van der Waals surface area contributed by atoms with E-state index in [2.05, 4.69) is 159 Å². The van der Waals surface area contributed by atoms with Gasteiger partial charge in [-0.05, 0) is 0 Å². The van der Waals surface area contributed by atoms with Crippen LogP contribution in [-0.2, 0) is 4.74 Å². The molecule has 0 N–H and O–H groups in total. The van der Waals surface area contributed by atoms with E-state index in [1.54, 1.807) is 0 Å². The Balaban J connectivity index is 1.79. The average molecular weight is 650 g/mol. The average Bonchev–Trinajstić information content (AvgIpc) is 3.40. The molecule has 1 aliphatic heterocycles. The van der Waals surface area contributed by atoms with Crippen molar-refractivity contribution >= 4 is 37.2 Å². The van der Waals surface area contributed by atoms with Crippen molar-refractivity contribution in [1.29, 1.82) is 0 Å². The molecule has 1 nitrogen and oxygen atoms in total. The molecule has 0 amide bonds. The molecule has 3 heteroatoms. The molecule has 204 valence electrons. The van der Waals surface area contributed by atoms with Gasteiger partial charge in [-0.25, -0.2) is 0 Å². The van der Waals surface area contributed by atoms with Crippen LogP contribution in [0, 0.1) is 5.92 Å². The number of rotatable bonds is 7. The Morgan fingerprint density at radius 2 is 1.12 bits per heavy atom. The van der Waals surface area contributed by atoms with Crippen LogP contribution in [-0.4, -0.2) is 33.1 Å². The summed E-state index contributed by atoms with van der Waals surface area (Å²) >= 11 is -3.66. The van der Waals surface area contributed by atoms with Gasteiger partial charge in [0.2, 0.25) is 0 Å². The van der Waals surface area contributed by atoms with E-state index in [0.29, 0.717) is 6.61 Å². The molecular formula is C37H42OSiSn. The molecule has 0 bridgehead atoms. The second-order valence-electron chi connectivity index (χ2n) is 12.6. The van der Waals surface area contributed by atoms with E-state index in [4.69, 9.17) is 11.3 Å². The Morgan fingerprint density at radius 1 is 0.725 bits per heavy atom. The molecule has 1 aliphatic rings. The summed E-state index contributed by atoms with van der Waals surface area (Å²) in [5.74, 6) is 0.163. The van der Waals surface area contributed by atoms with E-state index in [1.807, 2.05) is 0 Å². The third-order valence-electron chi connectivity index (χ3n) is 9.40. The van der Waals surface area contributed by atoms with E-state index in [1.165, 1.54) is 27.1 Å². The molecule has 0 unspecified atom stereocenters. The van der Waals surface area contributed by atoms with Gasteiger partial charge in [0.25, 0.3) is 0 Å². The summed E-state index contributed by atoms with van der Waals surface area (Å²) in [4.78, 5) is 0. The Morgan fingerprint density at radius 3 is 1.52 bits per heavy atom. The minimum atomic E-state index is -3.66. The van der Waals surface area contributed by atoms with Crippen molar-refractivity contribution in [1.82, 2.24) is 0 Å². The number of ether oxygens (including phenoxy) is 1. The molecule has 0 radical (unpaired) electrons. The van der Waals surface area contributed by atoms with Crippen LogP contribution in [0.4, 0.5) is 0 Å². The summed E-state index contributed by atoms with van der Waals surface area (Å²) in [5.41, 5.74) is 2.66. The van der Waals surface area contributed by atoms with E-state index < -0.39 is 26.5 Å². The molecular weight excluding hydrogens is 607 g/mol. The summed E-state index contributed by atoms with van der Waals surface area (Å²) in [5, 5.41) is 1.59. The number of benzene rings is 4. The van der Waals surface area contributed by atoms with E-state index in [0.717, 1.165) is 0 Å². The van der Waals surface area contributed by atoms with Crippen molar-refractivity contribution < 1.29 is 4.74 Å². The van der Waals surface area contributed by atoms with Crippen LogP contribution >= 0.6 is 0 Å². The first-order valence-corrected chi connectivity index (χ1v) is 23.3. The Hall–Kier alpha value is -2.66. The summed E-state index contributed by atoms with van der Waals surface area (Å²) < 4.78 is 13.9. The van der Waals surface area contributed by atoms with E-state index in [-0.39, 0.29) is 17.1 Å². The quantitative estimate of drug-likeness (QED) is 0.187. The van der Waals surface area contributed by atoms with Gasteiger partial charge in [-0.3, -0.25) is 0 Å². The van der Waals surface area contributed by atoms with Gasteiger partial charge < -0.3 is 0 Å². The molecule has 4 aromatic carbocycles. The first-order chi connectivity index (χ1) is 19.2. The summed E-state index contributed by atoms with van der Waals surface area (Å²) in [7, 11) is -1.89. The van der Waals surface area contributed by atoms with Crippen molar-refractivity contribution in [2.75, 3.05) is 6.61 Å². The van der Waals surface area contributed by atoms with Crippen molar-refractivity contribution in [2.24, 2.45) is 5.92 Å². The maximum absolute atomic E-state index is 6.77. The molecule has 0 aromatic heterocycles. The molecule has 0 aliphatic carbocycles. The summed E-state index contributed by atoms with van der Waals surface area (Å²) in [6.45, 7) is 17.7. The van der Waals surface area contributed by atoms with Gasteiger partial charge in [0.05, 0.1) is 0 Å². The number of hydrogen-bond donors (Lipinski definition) is 0. The molecule has 0 spiro atoms. The van der Waals surface area contributed by atoms with Gasteiger partial charge in [0.15, 0.2) is 0 Å². The zero-order chi connectivity index (χ0) is 28.4. The molecule has 1 heterocycles. The number of hydrogen-bond acceptors (Lipinski definition) is 1. The zero-order valence-electron chi connectivity index (χ0n) is 24.6. The Kier molecular flexibility index (Phi) is 8.42. The van der Waals surface area contributed by atoms with Gasteiger partial charge in [-0.15, -0.1) is 0 Å². The Labute approximate surface area is 246 Å². The molecule has 4 aromatic rings. The molecule has 0 saturated carbocycles. The van der Waals surface area contributed by atoms with Crippen LogP contribution in [0.2, 0.25) is 18.1 Å². The fraction of sp³-hybridized carbons (Fsp3) is 0.243. The van der Waals surface area contributed by atoms with Gasteiger partial charge in [-0.1, -0.05) is 0 Å². The van der Waals surface area contributed by atoms with Crippen LogP contribution in [0.1, 0.15) is 32.4 Å². The Bertz CT molecular complexity index is 1360. The third-order valence-corrected chi connectivity index (χ3v) is 28.0. The van der Waals surface area contributed by atoms with Crippen molar-refractivity contribution in [3.8, 4) is 0 Å². The SMILES string of the molecule is C=C([C@@H]1/C(=[CH]/[Sn]([c]2ccccc2)([c]2ccccc2)[c]2ccccc2)CO[C@H]1c1ccccc1)[Si](C)(C)C(C)(C)C. The van der Waals surface area contributed by atoms with Gasteiger partial charge in [0.1, 0.15) is 0 Å². The van der Waals surface area contributed by atoms with Crippen LogP contribution in [0.3, 0.4) is 0 Å². The monoisotopic (exact) mass is 650 g/mol. The molecule has 5 rings (SSSR count). The van der Waals surface area contributed by atoms with E-state index >= 15 is 0 Å². The second kappa shape index (κ2) is 11.7. The predicted octanol–water partition coefficient (Wildman–Crippen LogP) is 7.61. The fourth-order valence-corrected chi connectivity index (χ4v) is 20.9. The second-order valence-corrected chi connectivity index (χ2v) is 28.4. The fourth-order valence-electron chi connectivity index (χ4n) is 6.04. The van der Waals surface area contributed by atoms with Gasteiger partial charge >= 0.3 is 248 Å². The molecule has 2 atom stereocenters. The topological polar surface area (TPSA) is 9.23 Å². The standard InChI is InChI=1S/C19H27OSi.3C6H5.Sn/c1-14-13-20-18(16-11-9-8-10-12-16)17(14)15(2)21(6,7)19(3,4)5;3*1-2-4-6-5-3-1;/h1,8-12,17-18H,2,13H2,3-7H3;3*1-5H;/t17-,18-;;;;/m0..../s1. The minimum absolute atomic E-state index is 0.0135. The first-order valence-electron chi connectivity index (χ1n) is 14.4. The summed E-state index contributed by atoms with van der Waals surface area (Å²) in [6, 6.07) is 44.6. The zero-order valence-corrected chi connectivity index (χ0v) is 28.5. The normalized spacial score (nSPS) is 19.1. The van der Waals surface area contributed by atoms with Crippen LogP contribution in [0.25, 0.3) is 0 Å². The van der Waals surface area contributed by atoms with Gasteiger partial charge in [0, 0.05) is 0 Å². The molecule has 1 fully saturated rings. The van der Waals surface area contributed by atoms with E-state index in [9.17, 15) is 0 Å². The molecule has 1 saturated heterocycles. The molecule has 40 heavy (non-hydrogen) atoms. The van der Waals surface area contributed by atoms with Crippen molar-refractivity contribution in [2.45, 2.75) is 45.0 Å². The predicted molar refractivity (Wildman–Crippen MR) is 177 cm³/mol. The van der Waals surface area contributed by atoms with Crippen molar-refractivity contribution in [3.05, 3.63) is 148 Å². The van der Waals surface area contributed by atoms with Crippen LogP contribution < -0.4 is 10.7 Å².